The summed E-state index contributed by atoms with van der Waals surface area (Å²) in [5.41, 5.74) is 0.704. The predicted octanol–water partition coefficient (Wildman–Crippen LogP) is 2.12. The lowest BCUT2D eigenvalue weighted by atomic mass is 10.2. The van der Waals surface area contributed by atoms with Crippen LogP contribution in [0.25, 0.3) is 0 Å². The highest BCUT2D eigenvalue weighted by atomic mass is 32.2. The maximum absolute atomic E-state index is 12.4. The number of nitrogens with zero attached hydrogens (tertiary/aromatic N) is 2. The number of hydrogen-bond acceptors (Lipinski definition) is 7. The molecule has 1 amide bonds. The molecule has 2 aromatic rings. The molecular weight excluding hydrogens is 368 g/mol. The van der Waals surface area contributed by atoms with Crippen molar-refractivity contribution < 1.29 is 17.9 Å². The zero-order valence-electron chi connectivity index (χ0n) is 15.2. The molecule has 1 unspecified atom stereocenters. The Morgan fingerprint density at radius 3 is 2.63 bits per heavy atom. The molecule has 0 bridgehead atoms. The van der Waals surface area contributed by atoms with Crippen LogP contribution in [0.3, 0.4) is 0 Å². The molecule has 0 radical (unpaired) electrons. The molecule has 1 aliphatic rings. The maximum Gasteiger partial charge on any atom is 0.275 e. The second-order valence-corrected chi connectivity index (χ2v) is 8.88. The van der Waals surface area contributed by atoms with Crippen LogP contribution < -0.4 is 15.4 Å². The Balaban J connectivity index is 1.64. The third-order valence-corrected chi connectivity index (χ3v) is 5.73. The number of ether oxygens (including phenoxy) is 1. The number of rotatable bonds is 6. The zero-order chi connectivity index (χ0) is 19.4. The van der Waals surface area contributed by atoms with Crippen molar-refractivity contribution in [2.24, 2.45) is 0 Å². The van der Waals surface area contributed by atoms with E-state index < -0.39 is 15.7 Å². The van der Waals surface area contributed by atoms with E-state index in [0.717, 1.165) is 0 Å². The SMILES string of the molecule is CC(C)Oc1ccccc1NC(=O)c1cnc(NC2CCS(=O)(=O)C2)cn1. The van der Waals surface area contributed by atoms with Gasteiger partial charge >= 0.3 is 0 Å². The van der Waals surface area contributed by atoms with Crippen LogP contribution in [0.15, 0.2) is 36.7 Å². The molecule has 2 N–H and O–H groups in total. The van der Waals surface area contributed by atoms with E-state index in [-0.39, 0.29) is 29.3 Å². The Morgan fingerprint density at radius 2 is 2.00 bits per heavy atom. The van der Waals surface area contributed by atoms with Crippen LogP contribution in [-0.4, -0.2) is 47.9 Å². The number of carbonyl (C=O) groups is 1. The average molecular weight is 390 g/mol. The number of nitrogens with one attached hydrogen (secondary N) is 2. The van der Waals surface area contributed by atoms with Gasteiger partial charge < -0.3 is 15.4 Å². The molecule has 1 atom stereocenters. The first-order valence-electron chi connectivity index (χ1n) is 8.68. The second kappa shape index (κ2) is 7.91. The van der Waals surface area contributed by atoms with Crippen molar-refractivity contribution in [1.29, 1.82) is 0 Å². The van der Waals surface area contributed by atoms with E-state index in [2.05, 4.69) is 20.6 Å². The average Bonchev–Trinajstić information content (AvgIpc) is 2.95. The van der Waals surface area contributed by atoms with Crippen LogP contribution in [0.2, 0.25) is 0 Å². The van der Waals surface area contributed by atoms with E-state index in [1.807, 2.05) is 19.9 Å². The summed E-state index contributed by atoms with van der Waals surface area (Å²) in [5, 5.41) is 5.81. The maximum atomic E-state index is 12.4. The number of benzene rings is 1. The molecule has 8 nitrogen and oxygen atoms in total. The molecule has 0 spiro atoms. The quantitative estimate of drug-likeness (QED) is 0.777. The first kappa shape index (κ1) is 19.1. The number of hydrogen-bond donors (Lipinski definition) is 2. The number of para-hydroxylation sites is 2. The second-order valence-electron chi connectivity index (χ2n) is 6.65. The van der Waals surface area contributed by atoms with Gasteiger partial charge in [-0.2, -0.15) is 0 Å². The summed E-state index contributed by atoms with van der Waals surface area (Å²) in [7, 11) is -2.97. The molecule has 2 heterocycles. The van der Waals surface area contributed by atoms with Gasteiger partial charge in [0.1, 0.15) is 17.3 Å². The van der Waals surface area contributed by atoms with Crippen molar-refractivity contribution in [3.05, 3.63) is 42.4 Å². The molecule has 1 aromatic carbocycles. The minimum Gasteiger partial charge on any atom is -0.489 e. The lowest BCUT2D eigenvalue weighted by Crippen LogP contribution is -2.22. The summed E-state index contributed by atoms with van der Waals surface area (Å²) in [6.45, 7) is 3.82. The van der Waals surface area contributed by atoms with E-state index in [4.69, 9.17) is 4.74 Å². The van der Waals surface area contributed by atoms with Gasteiger partial charge in [-0.15, -0.1) is 0 Å². The first-order chi connectivity index (χ1) is 12.8. The predicted molar refractivity (Wildman–Crippen MR) is 103 cm³/mol. The van der Waals surface area contributed by atoms with E-state index >= 15 is 0 Å². The zero-order valence-corrected chi connectivity index (χ0v) is 16.0. The highest BCUT2D eigenvalue weighted by molar-refractivity contribution is 7.91. The summed E-state index contributed by atoms with van der Waals surface area (Å²) in [6.07, 6.45) is 3.30. The molecule has 144 valence electrons. The van der Waals surface area contributed by atoms with Gasteiger partial charge in [0.05, 0.1) is 35.7 Å². The van der Waals surface area contributed by atoms with Gasteiger partial charge in [-0.3, -0.25) is 4.79 Å². The molecule has 1 aliphatic heterocycles. The standard InChI is InChI=1S/C18H22N4O4S/c1-12(2)26-16-6-4-3-5-14(16)22-18(23)15-9-20-17(10-19-15)21-13-7-8-27(24,25)11-13/h3-6,9-10,12-13H,7-8,11H2,1-2H3,(H,20,21)(H,22,23). The van der Waals surface area contributed by atoms with E-state index in [1.54, 1.807) is 18.2 Å². The third kappa shape index (κ3) is 5.16. The molecule has 27 heavy (non-hydrogen) atoms. The Morgan fingerprint density at radius 1 is 1.22 bits per heavy atom. The van der Waals surface area contributed by atoms with Crippen LogP contribution in [0.1, 0.15) is 30.8 Å². The summed E-state index contributed by atoms with van der Waals surface area (Å²) >= 11 is 0. The molecule has 0 aliphatic carbocycles. The van der Waals surface area contributed by atoms with Gasteiger partial charge in [0.15, 0.2) is 9.84 Å². The molecule has 3 rings (SSSR count). The van der Waals surface area contributed by atoms with Crippen molar-refractivity contribution >= 4 is 27.2 Å². The van der Waals surface area contributed by atoms with Crippen molar-refractivity contribution in [2.45, 2.75) is 32.4 Å². The lowest BCUT2D eigenvalue weighted by Gasteiger charge is -2.14. The molecule has 9 heteroatoms. The van der Waals surface area contributed by atoms with E-state index in [0.29, 0.717) is 23.7 Å². The van der Waals surface area contributed by atoms with Crippen LogP contribution in [-0.2, 0) is 9.84 Å². The monoisotopic (exact) mass is 390 g/mol. The van der Waals surface area contributed by atoms with Crippen molar-refractivity contribution in [3.63, 3.8) is 0 Å². The topological polar surface area (TPSA) is 110 Å². The van der Waals surface area contributed by atoms with Crippen LogP contribution in [0.4, 0.5) is 11.5 Å². The van der Waals surface area contributed by atoms with Gasteiger partial charge in [-0.1, -0.05) is 12.1 Å². The van der Waals surface area contributed by atoms with Crippen LogP contribution >= 0.6 is 0 Å². The number of aromatic nitrogens is 2. The summed E-state index contributed by atoms with van der Waals surface area (Å²) in [4.78, 5) is 20.7. The minimum atomic E-state index is -2.97. The molecule has 0 saturated carbocycles. The minimum absolute atomic E-state index is 0.0207. The molecule has 1 aromatic heterocycles. The summed E-state index contributed by atoms with van der Waals surface area (Å²) in [6, 6.07) is 6.99. The van der Waals surface area contributed by atoms with Gasteiger partial charge in [0, 0.05) is 6.04 Å². The van der Waals surface area contributed by atoms with E-state index in [9.17, 15) is 13.2 Å². The molecular formula is C18H22N4O4S. The highest BCUT2D eigenvalue weighted by Gasteiger charge is 2.28. The van der Waals surface area contributed by atoms with Crippen molar-refractivity contribution in [3.8, 4) is 5.75 Å². The third-order valence-electron chi connectivity index (χ3n) is 3.97. The Hall–Kier alpha value is -2.68. The first-order valence-corrected chi connectivity index (χ1v) is 10.5. The van der Waals surface area contributed by atoms with Gasteiger partial charge in [-0.25, -0.2) is 18.4 Å². The fraction of sp³-hybridized carbons (Fsp3) is 0.389. The van der Waals surface area contributed by atoms with E-state index in [1.165, 1.54) is 12.4 Å². The van der Waals surface area contributed by atoms with Gasteiger partial charge in [0.25, 0.3) is 5.91 Å². The van der Waals surface area contributed by atoms with Crippen LogP contribution in [0.5, 0.6) is 5.75 Å². The fourth-order valence-electron chi connectivity index (χ4n) is 2.75. The van der Waals surface area contributed by atoms with Crippen molar-refractivity contribution in [1.82, 2.24) is 9.97 Å². The Labute approximate surface area is 158 Å². The number of sulfone groups is 1. The number of carbonyl (C=O) groups excluding carboxylic acids is 1. The number of anilines is 2. The fourth-order valence-corrected chi connectivity index (χ4v) is 4.42. The van der Waals surface area contributed by atoms with Gasteiger partial charge in [-0.05, 0) is 32.4 Å². The largest absolute Gasteiger partial charge is 0.489 e. The Bertz CT molecular complexity index is 913. The lowest BCUT2D eigenvalue weighted by molar-refractivity contribution is 0.102. The Kier molecular flexibility index (Phi) is 5.59. The van der Waals surface area contributed by atoms with Gasteiger partial charge in [0.2, 0.25) is 0 Å². The normalized spacial score (nSPS) is 18.3. The smallest absolute Gasteiger partial charge is 0.275 e. The summed E-state index contributed by atoms with van der Waals surface area (Å²) < 4.78 is 28.7. The molecule has 1 fully saturated rings. The number of amides is 1. The van der Waals surface area contributed by atoms with Crippen LogP contribution in [0, 0.1) is 0 Å². The van der Waals surface area contributed by atoms with Crippen molar-refractivity contribution in [2.75, 3.05) is 22.1 Å². The highest BCUT2D eigenvalue weighted by Crippen LogP contribution is 2.25. The summed E-state index contributed by atoms with van der Waals surface area (Å²) in [5.74, 6) is 0.879. The molecule has 1 saturated heterocycles.